The summed E-state index contributed by atoms with van der Waals surface area (Å²) in [4.78, 5) is 41.2. The van der Waals surface area contributed by atoms with Gasteiger partial charge in [0, 0.05) is 12.0 Å². The monoisotopic (exact) mass is 566 g/mol. The van der Waals surface area contributed by atoms with Crippen LogP contribution in [0.4, 0.5) is 5.82 Å². The van der Waals surface area contributed by atoms with Gasteiger partial charge < -0.3 is 5.32 Å². The van der Waals surface area contributed by atoms with E-state index in [4.69, 9.17) is 4.98 Å². The Balaban J connectivity index is 1.41. The zero-order valence-electron chi connectivity index (χ0n) is 22.3. The number of anilines is 1. The Hall–Kier alpha value is -3.32. The summed E-state index contributed by atoms with van der Waals surface area (Å²) < 4.78 is 26.7. The highest BCUT2D eigenvalue weighted by atomic mass is 32.2. The smallest absolute Gasteiger partial charge is 0.295 e. The zero-order valence-corrected chi connectivity index (χ0v) is 23.9. The summed E-state index contributed by atoms with van der Waals surface area (Å²) >= 11 is 1.12. The van der Waals surface area contributed by atoms with Crippen molar-refractivity contribution >= 4 is 38.2 Å². The van der Waals surface area contributed by atoms with Crippen LogP contribution in [0, 0.1) is 19.8 Å². The average molecular weight is 567 g/mol. The van der Waals surface area contributed by atoms with Gasteiger partial charge in [0.25, 0.3) is 5.56 Å². The predicted octanol–water partition coefficient (Wildman–Crippen LogP) is 3.97. The molecule has 4 aromatic rings. The Kier molecular flexibility index (Phi) is 6.45. The van der Waals surface area contributed by atoms with E-state index in [-0.39, 0.29) is 33.9 Å². The molecule has 1 unspecified atom stereocenters. The molecule has 0 spiro atoms. The van der Waals surface area contributed by atoms with Gasteiger partial charge in [-0.2, -0.15) is 0 Å². The molecule has 39 heavy (non-hydrogen) atoms. The van der Waals surface area contributed by atoms with Gasteiger partial charge in [-0.05, 0) is 52.4 Å². The summed E-state index contributed by atoms with van der Waals surface area (Å²) in [6.45, 7) is 7.45. The summed E-state index contributed by atoms with van der Waals surface area (Å²) in [5.74, 6) is 1.46. The Labute approximate surface area is 230 Å². The maximum Gasteiger partial charge on any atom is 0.295 e. The van der Waals surface area contributed by atoms with E-state index in [1.54, 1.807) is 30.9 Å². The van der Waals surface area contributed by atoms with Gasteiger partial charge in [0.15, 0.2) is 27.1 Å². The van der Waals surface area contributed by atoms with Crippen molar-refractivity contribution in [2.45, 2.75) is 76.1 Å². The summed E-state index contributed by atoms with van der Waals surface area (Å²) in [5.41, 5.74) is 3.78. The van der Waals surface area contributed by atoms with Crippen molar-refractivity contribution in [2.75, 3.05) is 11.1 Å². The van der Waals surface area contributed by atoms with E-state index in [1.807, 2.05) is 13.8 Å². The second kappa shape index (κ2) is 9.70. The normalized spacial score (nSPS) is 16.5. The molecule has 0 aromatic carbocycles. The van der Waals surface area contributed by atoms with Crippen LogP contribution in [0.1, 0.15) is 73.6 Å². The Morgan fingerprint density at radius 1 is 1.08 bits per heavy atom. The number of aryl methyl sites for hydroxylation is 2. The maximum atomic E-state index is 13.8. The molecule has 2 saturated carbocycles. The first-order valence-electron chi connectivity index (χ1n) is 13.2. The molecule has 204 valence electrons. The SMILES string of the molecule is CCS(=O)(=O)c1sc(CNc2nc3cnc(-c4c(C)ncnc4C4CC4)nc3n(C(C)C3CC3)c2=O)nc1C. The quantitative estimate of drug-likeness (QED) is 0.316. The van der Waals surface area contributed by atoms with Crippen LogP contribution in [0.3, 0.4) is 0 Å². The molecular weight excluding hydrogens is 536 g/mol. The van der Waals surface area contributed by atoms with Crippen molar-refractivity contribution in [1.82, 2.24) is 34.5 Å². The lowest BCUT2D eigenvalue weighted by molar-refractivity contribution is 0.482. The molecule has 1 atom stereocenters. The molecule has 4 aromatic heterocycles. The molecule has 0 saturated heterocycles. The molecule has 6 rings (SSSR count). The van der Waals surface area contributed by atoms with Crippen molar-refractivity contribution in [3.8, 4) is 11.4 Å². The van der Waals surface area contributed by atoms with E-state index in [9.17, 15) is 13.2 Å². The number of thiazole rings is 1. The minimum Gasteiger partial charge on any atom is -0.359 e. The summed E-state index contributed by atoms with van der Waals surface area (Å²) in [5, 5.41) is 3.68. The minimum atomic E-state index is -3.36. The van der Waals surface area contributed by atoms with E-state index in [0.717, 1.165) is 54.0 Å². The van der Waals surface area contributed by atoms with Crippen LogP contribution in [-0.4, -0.2) is 48.6 Å². The van der Waals surface area contributed by atoms with Gasteiger partial charge in [-0.1, -0.05) is 6.92 Å². The molecule has 0 amide bonds. The Bertz CT molecular complexity index is 1760. The van der Waals surface area contributed by atoms with E-state index < -0.39 is 9.84 Å². The highest BCUT2D eigenvalue weighted by Crippen LogP contribution is 2.43. The average Bonchev–Trinajstić information content (AvgIpc) is 3.84. The summed E-state index contributed by atoms with van der Waals surface area (Å²) in [6.07, 6.45) is 7.53. The third-order valence-corrected chi connectivity index (χ3v) is 11.0. The van der Waals surface area contributed by atoms with Crippen LogP contribution >= 0.6 is 11.3 Å². The third-order valence-electron chi connectivity index (χ3n) is 7.47. The van der Waals surface area contributed by atoms with Crippen molar-refractivity contribution in [3.63, 3.8) is 0 Å². The van der Waals surface area contributed by atoms with E-state index >= 15 is 0 Å². The number of hydrogen-bond acceptors (Lipinski definition) is 11. The van der Waals surface area contributed by atoms with Crippen molar-refractivity contribution in [2.24, 2.45) is 5.92 Å². The standard InChI is InChI=1S/C26H30N8O3S2/c1-5-39(36,37)26-14(3)31-19(38-26)11-28-23-25(35)34(15(4)16-6-7-16)24-18(32-23)10-27-22(33-24)20-13(2)29-12-30-21(20)17-8-9-17/h10,12,15-17H,5-9,11H2,1-4H3,(H,28,32). The zero-order chi connectivity index (χ0) is 27.5. The number of nitrogens with zero attached hydrogens (tertiary/aromatic N) is 7. The van der Waals surface area contributed by atoms with E-state index in [0.29, 0.717) is 39.5 Å². The summed E-state index contributed by atoms with van der Waals surface area (Å²) in [7, 11) is -3.36. The number of rotatable bonds is 9. The van der Waals surface area contributed by atoms with Crippen molar-refractivity contribution in [1.29, 1.82) is 0 Å². The van der Waals surface area contributed by atoms with Crippen LogP contribution in [0.25, 0.3) is 22.6 Å². The number of aromatic nitrogens is 7. The first kappa shape index (κ1) is 25.9. The summed E-state index contributed by atoms with van der Waals surface area (Å²) in [6, 6.07) is -0.0641. The Morgan fingerprint density at radius 2 is 1.85 bits per heavy atom. The van der Waals surface area contributed by atoms with Crippen LogP contribution in [0.15, 0.2) is 21.5 Å². The van der Waals surface area contributed by atoms with Crippen LogP contribution in [-0.2, 0) is 16.4 Å². The highest BCUT2D eigenvalue weighted by Gasteiger charge is 2.33. The van der Waals surface area contributed by atoms with Crippen molar-refractivity contribution in [3.05, 3.63) is 45.0 Å². The Morgan fingerprint density at radius 3 is 2.54 bits per heavy atom. The lowest BCUT2D eigenvalue weighted by Crippen LogP contribution is -2.29. The maximum absolute atomic E-state index is 13.8. The van der Waals surface area contributed by atoms with Gasteiger partial charge in [-0.15, -0.1) is 11.3 Å². The van der Waals surface area contributed by atoms with Crippen LogP contribution in [0.5, 0.6) is 0 Å². The number of nitrogens with one attached hydrogen (secondary N) is 1. The molecule has 0 radical (unpaired) electrons. The molecule has 13 heteroatoms. The lowest BCUT2D eigenvalue weighted by atomic mass is 10.1. The van der Waals surface area contributed by atoms with E-state index in [1.165, 1.54) is 0 Å². The second-order valence-corrected chi connectivity index (χ2v) is 13.9. The first-order chi connectivity index (χ1) is 18.7. The fourth-order valence-electron chi connectivity index (χ4n) is 4.93. The van der Waals surface area contributed by atoms with Crippen molar-refractivity contribution < 1.29 is 8.42 Å². The number of hydrogen-bond donors (Lipinski definition) is 1. The lowest BCUT2D eigenvalue weighted by Gasteiger charge is -2.19. The fourth-order valence-corrected chi connectivity index (χ4v) is 7.57. The van der Waals surface area contributed by atoms with Gasteiger partial charge in [-0.3, -0.25) is 9.36 Å². The molecule has 11 nitrogen and oxygen atoms in total. The van der Waals surface area contributed by atoms with Gasteiger partial charge in [-0.25, -0.2) is 38.3 Å². The largest absolute Gasteiger partial charge is 0.359 e. The van der Waals surface area contributed by atoms with Gasteiger partial charge in [0.05, 0.1) is 41.1 Å². The van der Waals surface area contributed by atoms with E-state index in [2.05, 4.69) is 30.2 Å². The molecule has 0 bridgehead atoms. The number of fused-ring (bicyclic) bond motifs is 1. The topological polar surface area (TPSA) is 146 Å². The fraction of sp³-hybridized carbons (Fsp3) is 0.500. The first-order valence-corrected chi connectivity index (χ1v) is 15.7. The molecule has 4 heterocycles. The molecule has 1 N–H and O–H groups in total. The number of sulfone groups is 1. The molecule has 0 aliphatic heterocycles. The molecule has 2 fully saturated rings. The third kappa shape index (κ3) is 4.82. The van der Waals surface area contributed by atoms with Gasteiger partial charge >= 0.3 is 0 Å². The van der Waals surface area contributed by atoms with Crippen LogP contribution in [0.2, 0.25) is 0 Å². The van der Waals surface area contributed by atoms with Gasteiger partial charge in [0.2, 0.25) is 0 Å². The molecular formula is C26H30N8O3S2. The second-order valence-electron chi connectivity index (χ2n) is 10.3. The predicted molar refractivity (Wildman–Crippen MR) is 149 cm³/mol. The molecule has 2 aliphatic rings. The van der Waals surface area contributed by atoms with Gasteiger partial charge in [0.1, 0.15) is 21.1 Å². The minimum absolute atomic E-state index is 0.0116. The molecule has 2 aliphatic carbocycles. The van der Waals surface area contributed by atoms with Crippen LogP contribution < -0.4 is 10.9 Å². The highest BCUT2D eigenvalue weighted by molar-refractivity contribution is 7.93.